The van der Waals surface area contributed by atoms with Crippen LogP contribution in [0, 0.1) is 11.3 Å². The van der Waals surface area contributed by atoms with E-state index in [1.807, 2.05) is 42.5 Å². The molecule has 0 unspecified atom stereocenters. The summed E-state index contributed by atoms with van der Waals surface area (Å²) in [6.07, 6.45) is 5.36. The Morgan fingerprint density at radius 3 is 2.45 bits per heavy atom. The summed E-state index contributed by atoms with van der Waals surface area (Å²) in [6, 6.07) is 17.1. The van der Waals surface area contributed by atoms with Gasteiger partial charge in [-0.15, -0.1) is 0 Å². The quantitative estimate of drug-likeness (QED) is 0.533. The molecule has 0 radical (unpaired) electrons. The predicted molar refractivity (Wildman–Crippen MR) is 85.5 cm³/mol. The lowest BCUT2D eigenvalue weighted by Gasteiger charge is -1.98. The third-order valence-electron chi connectivity index (χ3n) is 2.66. The lowest BCUT2D eigenvalue weighted by Crippen LogP contribution is -1.78. The van der Waals surface area contributed by atoms with E-state index >= 15 is 0 Å². The molecular formula is C17H11Cl2N. The first-order valence-corrected chi connectivity index (χ1v) is 6.74. The summed E-state index contributed by atoms with van der Waals surface area (Å²) in [4.78, 5) is 0. The van der Waals surface area contributed by atoms with Crippen LogP contribution in [-0.4, -0.2) is 0 Å². The first-order chi connectivity index (χ1) is 9.69. The average Bonchev–Trinajstić information content (AvgIpc) is 2.46. The van der Waals surface area contributed by atoms with Crippen molar-refractivity contribution in [2.75, 3.05) is 0 Å². The van der Waals surface area contributed by atoms with Crippen LogP contribution in [0.3, 0.4) is 0 Å². The zero-order chi connectivity index (χ0) is 14.4. The van der Waals surface area contributed by atoms with Gasteiger partial charge in [-0.2, -0.15) is 5.26 Å². The number of allylic oxidation sites excluding steroid dienone is 2. The van der Waals surface area contributed by atoms with Crippen molar-refractivity contribution < 1.29 is 0 Å². The van der Waals surface area contributed by atoms with Crippen molar-refractivity contribution in [2.45, 2.75) is 0 Å². The van der Waals surface area contributed by atoms with Gasteiger partial charge in [-0.3, -0.25) is 0 Å². The summed E-state index contributed by atoms with van der Waals surface area (Å²) in [7, 11) is 0. The van der Waals surface area contributed by atoms with Gasteiger partial charge in [0.2, 0.25) is 0 Å². The first-order valence-electron chi connectivity index (χ1n) is 5.99. The van der Waals surface area contributed by atoms with Crippen molar-refractivity contribution in [2.24, 2.45) is 0 Å². The number of hydrogen-bond donors (Lipinski definition) is 0. The number of rotatable bonds is 3. The summed E-state index contributed by atoms with van der Waals surface area (Å²) in [6.45, 7) is 0. The molecule has 0 aliphatic rings. The van der Waals surface area contributed by atoms with Crippen molar-refractivity contribution in [1.82, 2.24) is 0 Å². The Bertz CT molecular complexity index is 695. The Kier molecular flexibility index (Phi) is 5.01. The van der Waals surface area contributed by atoms with Gasteiger partial charge in [0.15, 0.2) is 0 Å². The van der Waals surface area contributed by atoms with E-state index in [1.165, 1.54) is 0 Å². The molecule has 2 rings (SSSR count). The van der Waals surface area contributed by atoms with Gasteiger partial charge in [0.25, 0.3) is 0 Å². The molecule has 2 aromatic rings. The zero-order valence-electron chi connectivity index (χ0n) is 10.6. The molecule has 0 spiro atoms. The standard InChI is InChI=1S/C17H11Cl2N/c18-16-9-8-15(17(19)11-16)7-6-14(12-20)10-13-4-2-1-3-5-13/h1-11H/b7-6+,14-10-. The van der Waals surface area contributed by atoms with Gasteiger partial charge in [-0.25, -0.2) is 0 Å². The minimum Gasteiger partial charge on any atom is -0.192 e. The van der Waals surface area contributed by atoms with Gasteiger partial charge in [0.1, 0.15) is 0 Å². The molecule has 0 amide bonds. The Labute approximate surface area is 128 Å². The topological polar surface area (TPSA) is 23.8 Å². The van der Waals surface area contributed by atoms with Crippen molar-refractivity contribution >= 4 is 35.4 Å². The van der Waals surface area contributed by atoms with Crippen molar-refractivity contribution in [3.05, 3.63) is 81.4 Å². The lowest BCUT2D eigenvalue weighted by molar-refractivity contribution is 1.50. The highest BCUT2D eigenvalue weighted by atomic mass is 35.5. The smallest absolute Gasteiger partial charge is 0.0991 e. The van der Waals surface area contributed by atoms with Crippen LogP contribution in [0.25, 0.3) is 12.2 Å². The van der Waals surface area contributed by atoms with Crippen LogP contribution in [-0.2, 0) is 0 Å². The van der Waals surface area contributed by atoms with Crippen LogP contribution in [0.1, 0.15) is 11.1 Å². The highest BCUT2D eigenvalue weighted by molar-refractivity contribution is 6.35. The Balaban J connectivity index is 2.25. The van der Waals surface area contributed by atoms with Gasteiger partial charge in [0, 0.05) is 10.0 Å². The molecule has 0 saturated heterocycles. The number of nitriles is 1. The Morgan fingerprint density at radius 2 is 1.80 bits per heavy atom. The van der Waals surface area contributed by atoms with E-state index in [1.54, 1.807) is 24.3 Å². The lowest BCUT2D eigenvalue weighted by atomic mass is 10.1. The van der Waals surface area contributed by atoms with Gasteiger partial charge < -0.3 is 0 Å². The van der Waals surface area contributed by atoms with Gasteiger partial charge in [0.05, 0.1) is 11.6 Å². The zero-order valence-corrected chi connectivity index (χ0v) is 12.1. The average molecular weight is 300 g/mol. The number of hydrogen-bond acceptors (Lipinski definition) is 1. The van der Waals surface area contributed by atoms with E-state index in [9.17, 15) is 0 Å². The van der Waals surface area contributed by atoms with Crippen LogP contribution in [0.5, 0.6) is 0 Å². The monoisotopic (exact) mass is 299 g/mol. The molecule has 0 bridgehead atoms. The third kappa shape index (κ3) is 3.99. The molecule has 0 aliphatic carbocycles. The maximum absolute atomic E-state index is 9.16. The molecule has 20 heavy (non-hydrogen) atoms. The van der Waals surface area contributed by atoms with Crippen LogP contribution < -0.4 is 0 Å². The molecule has 2 aromatic carbocycles. The molecule has 0 aromatic heterocycles. The summed E-state index contributed by atoms with van der Waals surface area (Å²) in [5.74, 6) is 0. The molecule has 0 aliphatic heterocycles. The van der Waals surface area contributed by atoms with E-state index in [-0.39, 0.29) is 0 Å². The fourth-order valence-electron chi connectivity index (χ4n) is 1.66. The Hall–Kier alpha value is -2.01. The highest BCUT2D eigenvalue weighted by Crippen LogP contribution is 2.22. The minimum atomic E-state index is 0.558. The number of nitrogens with zero attached hydrogens (tertiary/aromatic N) is 1. The molecule has 0 fully saturated rings. The van der Waals surface area contributed by atoms with Gasteiger partial charge in [-0.05, 0) is 35.4 Å². The molecule has 3 heteroatoms. The maximum Gasteiger partial charge on any atom is 0.0991 e. The second-order valence-electron chi connectivity index (χ2n) is 4.12. The normalized spacial score (nSPS) is 11.6. The number of halogens is 2. The first kappa shape index (κ1) is 14.4. The second kappa shape index (κ2) is 6.96. The molecule has 0 heterocycles. The summed E-state index contributed by atoms with van der Waals surface area (Å²) in [5, 5.41) is 10.3. The minimum absolute atomic E-state index is 0.558. The van der Waals surface area contributed by atoms with Crippen molar-refractivity contribution in [3.8, 4) is 6.07 Å². The summed E-state index contributed by atoms with van der Waals surface area (Å²) < 4.78 is 0. The van der Waals surface area contributed by atoms with Crippen LogP contribution in [0.4, 0.5) is 0 Å². The molecule has 0 atom stereocenters. The van der Waals surface area contributed by atoms with E-state index < -0.39 is 0 Å². The fraction of sp³-hybridized carbons (Fsp3) is 0. The van der Waals surface area contributed by atoms with Crippen LogP contribution in [0.2, 0.25) is 10.0 Å². The molecule has 0 saturated carbocycles. The van der Waals surface area contributed by atoms with E-state index in [2.05, 4.69) is 6.07 Å². The number of benzene rings is 2. The molecule has 98 valence electrons. The van der Waals surface area contributed by atoms with Gasteiger partial charge in [-0.1, -0.05) is 65.7 Å². The SMILES string of the molecule is N#CC(=C\c1ccccc1)/C=C/c1ccc(Cl)cc1Cl. The van der Waals surface area contributed by atoms with Gasteiger partial charge >= 0.3 is 0 Å². The summed E-state index contributed by atoms with van der Waals surface area (Å²) in [5.41, 5.74) is 2.36. The second-order valence-corrected chi connectivity index (χ2v) is 4.96. The Morgan fingerprint density at radius 1 is 1.05 bits per heavy atom. The molecular weight excluding hydrogens is 289 g/mol. The largest absolute Gasteiger partial charge is 0.192 e. The van der Waals surface area contributed by atoms with Crippen molar-refractivity contribution in [1.29, 1.82) is 5.26 Å². The van der Waals surface area contributed by atoms with E-state index in [0.29, 0.717) is 15.6 Å². The van der Waals surface area contributed by atoms with Crippen LogP contribution in [0.15, 0.2) is 60.2 Å². The fourth-order valence-corrected chi connectivity index (χ4v) is 2.13. The molecule has 1 nitrogen and oxygen atoms in total. The predicted octanol–water partition coefficient (Wildman–Crippen LogP) is 5.61. The van der Waals surface area contributed by atoms with Crippen LogP contribution >= 0.6 is 23.2 Å². The van der Waals surface area contributed by atoms with Crippen molar-refractivity contribution in [3.63, 3.8) is 0 Å². The third-order valence-corrected chi connectivity index (χ3v) is 3.22. The maximum atomic E-state index is 9.16. The molecule has 0 N–H and O–H groups in total. The van der Waals surface area contributed by atoms with E-state index in [4.69, 9.17) is 28.5 Å². The van der Waals surface area contributed by atoms with E-state index in [0.717, 1.165) is 11.1 Å². The summed E-state index contributed by atoms with van der Waals surface area (Å²) >= 11 is 11.9. The highest BCUT2D eigenvalue weighted by Gasteiger charge is 1.98.